The van der Waals surface area contributed by atoms with E-state index in [4.69, 9.17) is 4.74 Å². The zero-order chi connectivity index (χ0) is 22.2. The van der Waals surface area contributed by atoms with Crippen LogP contribution in [0.15, 0.2) is 77.3 Å². The lowest BCUT2D eigenvalue weighted by Crippen LogP contribution is -2.30. The maximum absolute atomic E-state index is 12.9. The van der Waals surface area contributed by atoms with Gasteiger partial charge < -0.3 is 15.0 Å². The second-order valence-corrected chi connectivity index (χ2v) is 7.76. The Bertz CT molecular complexity index is 1040. The molecule has 0 aliphatic heterocycles. The highest BCUT2D eigenvalue weighted by atomic mass is 79.9. The highest BCUT2D eigenvalue weighted by Gasteiger charge is 2.16. The molecule has 1 N–H and O–H groups in total. The molecule has 6 heteroatoms. The van der Waals surface area contributed by atoms with Gasteiger partial charge >= 0.3 is 0 Å². The summed E-state index contributed by atoms with van der Waals surface area (Å²) in [5.74, 6) is 0.389. The van der Waals surface area contributed by atoms with Crippen molar-refractivity contribution >= 4 is 39.1 Å². The van der Waals surface area contributed by atoms with Gasteiger partial charge in [-0.15, -0.1) is 0 Å². The Morgan fingerprint density at radius 2 is 1.61 bits per heavy atom. The standard InChI is InChI=1S/C25H25BrN2O3/c1-3-16-31-23-15-12-19(17-22(23)26)24(29)27-20-13-10-18(11-14-20)25(30)28(4-2)21-8-6-5-7-9-21/h5-15,17H,3-4,16H2,1-2H3,(H,27,29). The first-order valence-corrected chi connectivity index (χ1v) is 11.0. The molecular formula is C25H25BrN2O3. The summed E-state index contributed by atoms with van der Waals surface area (Å²) in [6.07, 6.45) is 0.911. The Morgan fingerprint density at radius 3 is 2.23 bits per heavy atom. The van der Waals surface area contributed by atoms with Crippen LogP contribution in [-0.2, 0) is 0 Å². The molecule has 0 fully saturated rings. The molecule has 160 valence electrons. The first-order valence-electron chi connectivity index (χ1n) is 10.2. The normalized spacial score (nSPS) is 10.4. The van der Waals surface area contributed by atoms with E-state index in [9.17, 15) is 9.59 Å². The van der Waals surface area contributed by atoms with Gasteiger partial charge in [0.25, 0.3) is 11.8 Å². The average molecular weight is 481 g/mol. The number of nitrogens with one attached hydrogen (secondary N) is 1. The van der Waals surface area contributed by atoms with E-state index >= 15 is 0 Å². The first kappa shape index (κ1) is 22.6. The smallest absolute Gasteiger partial charge is 0.258 e. The number of rotatable bonds is 8. The van der Waals surface area contributed by atoms with Crippen LogP contribution in [0.25, 0.3) is 0 Å². The van der Waals surface area contributed by atoms with Gasteiger partial charge in [0.05, 0.1) is 11.1 Å². The van der Waals surface area contributed by atoms with E-state index in [-0.39, 0.29) is 11.8 Å². The van der Waals surface area contributed by atoms with Gasteiger partial charge in [-0.25, -0.2) is 0 Å². The summed E-state index contributed by atoms with van der Waals surface area (Å²) < 4.78 is 6.35. The van der Waals surface area contributed by atoms with E-state index in [0.717, 1.165) is 16.6 Å². The number of amides is 2. The molecule has 0 unspecified atom stereocenters. The molecule has 5 nitrogen and oxygen atoms in total. The van der Waals surface area contributed by atoms with E-state index < -0.39 is 0 Å². The third-order valence-electron chi connectivity index (χ3n) is 4.67. The minimum Gasteiger partial charge on any atom is -0.492 e. The molecule has 0 atom stereocenters. The number of hydrogen-bond acceptors (Lipinski definition) is 3. The zero-order valence-corrected chi connectivity index (χ0v) is 19.2. The van der Waals surface area contributed by atoms with Crippen molar-refractivity contribution in [3.63, 3.8) is 0 Å². The molecule has 3 aromatic rings. The van der Waals surface area contributed by atoms with Crippen molar-refractivity contribution in [1.82, 2.24) is 0 Å². The predicted octanol–water partition coefficient (Wildman–Crippen LogP) is 6.16. The quantitative estimate of drug-likeness (QED) is 0.420. The highest BCUT2D eigenvalue weighted by molar-refractivity contribution is 9.10. The van der Waals surface area contributed by atoms with Gasteiger partial charge in [0, 0.05) is 29.0 Å². The van der Waals surface area contributed by atoms with Gasteiger partial charge in [-0.1, -0.05) is 25.1 Å². The van der Waals surface area contributed by atoms with Crippen LogP contribution in [-0.4, -0.2) is 25.0 Å². The van der Waals surface area contributed by atoms with Crippen LogP contribution in [0.1, 0.15) is 41.0 Å². The van der Waals surface area contributed by atoms with Crippen LogP contribution in [0.4, 0.5) is 11.4 Å². The van der Waals surface area contributed by atoms with Crippen molar-refractivity contribution in [2.75, 3.05) is 23.4 Å². The lowest BCUT2D eigenvalue weighted by Gasteiger charge is -2.21. The average Bonchev–Trinajstić information content (AvgIpc) is 2.80. The molecule has 0 heterocycles. The van der Waals surface area contributed by atoms with Crippen LogP contribution in [0.5, 0.6) is 5.75 Å². The lowest BCUT2D eigenvalue weighted by atomic mass is 10.1. The number of ether oxygens (including phenoxy) is 1. The van der Waals surface area contributed by atoms with Crippen molar-refractivity contribution in [2.24, 2.45) is 0 Å². The third kappa shape index (κ3) is 5.73. The maximum atomic E-state index is 12.9. The molecule has 31 heavy (non-hydrogen) atoms. The number of carbonyl (C=O) groups excluding carboxylic acids is 2. The summed E-state index contributed by atoms with van der Waals surface area (Å²) in [6, 6.07) is 21.7. The zero-order valence-electron chi connectivity index (χ0n) is 17.6. The van der Waals surface area contributed by atoms with E-state index in [0.29, 0.717) is 35.7 Å². The fourth-order valence-electron chi connectivity index (χ4n) is 3.08. The van der Waals surface area contributed by atoms with Crippen molar-refractivity contribution < 1.29 is 14.3 Å². The monoisotopic (exact) mass is 480 g/mol. The fourth-order valence-corrected chi connectivity index (χ4v) is 3.57. The molecule has 0 saturated heterocycles. The first-order chi connectivity index (χ1) is 15.0. The van der Waals surface area contributed by atoms with Crippen molar-refractivity contribution in [3.05, 3.63) is 88.4 Å². The Morgan fingerprint density at radius 1 is 0.935 bits per heavy atom. The summed E-state index contributed by atoms with van der Waals surface area (Å²) in [7, 11) is 0. The Kier molecular flexibility index (Phi) is 7.84. The minimum absolute atomic E-state index is 0.0850. The van der Waals surface area contributed by atoms with Crippen LogP contribution >= 0.6 is 15.9 Å². The highest BCUT2D eigenvalue weighted by Crippen LogP contribution is 2.27. The maximum Gasteiger partial charge on any atom is 0.258 e. The summed E-state index contributed by atoms with van der Waals surface area (Å²) in [5.41, 5.74) is 2.54. The molecule has 0 radical (unpaired) electrons. The van der Waals surface area contributed by atoms with Gasteiger partial charge in [-0.3, -0.25) is 9.59 Å². The Labute approximate surface area is 191 Å². The largest absolute Gasteiger partial charge is 0.492 e. The summed E-state index contributed by atoms with van der Waals surface area (Å²) >= 11 is 3.45. The molecule has 2 amide bonds. The fraction of sp³-hybridized carbons (Fsp3) is 0.200. The van der Waals surface area contributed by atoms with Gasteiger partial charge in [-0.05, 0) is 83.9 Å². The van der Waals surface area contributed by atoms with Crippen molar-refractivity contribution in [1.29, 1.82) is 0 Å². The van der Waals surface area contributed by atoms with E-state index in [1.165, 1.54) is 0 Å². The number of para-hydroxylation sites is 1. The van der Waals surface area contributed by atoms with Crippen LogP contribution in [0.3, 0.4) is 0 Å². The van der Waals surface area contributed by atoms with Gasteiger partial charge in [0.2, 0.25) is 0 Å². The summed E-state index contributed by atoms with van der Waals surface area (Å²) in [4.78, 5) is 27.2. The van der Waals surface area contributed by atoms with Crippen LogP contribution < -0.4 is 15.0 Å². The molecule has 0 bridgehead atoms. The Hall–Kier alpha value is -3.12. The summed E-state index contributed by atoms with van der Waals surface area (Å²) in [5, 5.41) is 2.86. The molecule has 0 spiro atoms. The molecule has 3 aromatic carbocycles. The second kappa shape index (κ2) is 10.8. The van der Waals surface area contributed by atoms with Crippen molar-refractivity contribution in [2.45, 2.75) is 20.3 Å². The molecule has 0 aromatic heterocycles. The van der Waals surface area contributed by atoms with Crippen LogP contribution in [0, 0.1) is 0 Å². The minimum atomic E-state index is -0.235. The van der Waals surface area contributed by atoms with Gasteiger partial charge in [0.1, 0.15) is 5.75 Å². The van der Waals surface area contributed by atoms with Crippen LogP contribution in [0.2, 0.25) is 0 Å². The number of carbonyl (C=O) groups is 2. The predicted molar refractivity (Wildman–Crippen MR) is 128 cm³/mol. The Balaban J connectivity index is 1.68. The number of anilines is 2. The number of nitrogens with zero attached hydrogens (tertiary/aromatic N) is 1. The summed E-state index contributed by atoms with van der Waals surface area (Å²) in [6.45, 7) is 5.16. The van der Waals surface area contributed by atoms with Gasteiger partial charge in [0.15, 0.2) is 0 Å². The molecule has 0 aliphatic rings. The third-order valence-corrected chi connectivity index (χ3v) is 5.29. The van der Waals surface area contributed by atoms with E-state index in [1.807, 2.05) is 44.2 Å². The lowest BCUT2D eigenvalue weighted by molar-refractivity contribution is 0.0987. The SMILES string of the molecule is CCCOc1ccc(C(=O)Nc2ccc(C(=O)N(CC)c3ccccc3)cc2)cc1Br. The topological polar surface area (TPSA) is 58.6 Å². The molecule has 0 aliphatic carbocycles. The number of hydrogen-bond donors (Lipinski definition) is 1. The van der Waals surface area contributed by atoms with E-state index in [2.05, 4.69) is 21.2 Å². The number of halogens is 1. The second-order valence-electron chi connectivity index (χ2n) is 6.91. The molecule has 0 saturated carbocycles. The molecular weight excluding hydrogens is 456 g/mol. The van der Waals surface area contributed by atoms with Crippen molar-refractivity contribution in [3.8, 4) is 5.75 Å². The van der Waals surface area contributed by atoms with E-state index in [1.54, 1.807) is 47.4 Å². The molecule has 3 rings (SSSR count). The van der Waals surface area contributed by atoms with Gasteiger partial charge in [-0.2, -0.15) is 0 Å². The number of benzene rings is 3.